The monoisotopic (exact) mass is 469 g/mol. The molecule has 0 bridgehead atoms. The summed E-state index contributed by atoms with van der Waals surface area (Å²) in [5.74, 6) is -0.291. The molecule has 1 aliphatic heterocycles. The van der Waals surface area contributed by atoms with E-state index in [2.05, 4.69) is 49.7 Å². The Kier molecular flexibility index (Phi) is 7.74. The van der Waals surface area contributed by atoms with E-state index in [4.69, 9.17) is 9.73 Å². The molecule has 0 atom stereocenters. The third-order valence-corrected chi connectivity index (χ3v) is 6.21. The van der Waals surface area contributed by atoms with Crippen LogP contribution in [0.2, 0.25) is 0 Å². The zero-order valence-corrected chi connectivity index (χ0v) is 19.4. The van der Waals surface area contributed by atoms with Crippen molar-refractivity contribution in [2.24, 2.45) is 4.99 Å². The predicted octanol–water partition coefficient (Wildman–Crippen LogP) is 3.74. The van der Waals surface area contributed by atoms with Gasteiger partial charge in [0, 0.05) is 43.8 Å². The van der Waals surface area contributed by atoms with Gasteiger partial charge in [0.2, 0.25) is 0 Å². The molecule has 1 saturated heterocycles. The number of nitrogens with zero attached hydrogens (tertiary/aromatic N) is 3. The van der Waals surface area contributed by atoms with Gasteiger partial charge in [0.05, 0.1) is 24.6 Å². The van der Waals surface area contributed by atoms with Gasteiger partial charge in [0.25, 0.3) is 0 Å². The Hall–Kier alpha value is -3.17. The summed E-state index contributed by atoms with van der Waals surface area (Å²) in [5.41, 5.74) is 3.95. The number of carbonyl (C=O) groups excluding carboxylic acids is 1. The number of morpholine rings is 1. The van der Waals surface area contributed by atoms with Gasteiger partial charge in [-0.3, -0.25) is 0 Å². The van der Waals surface area contributed by atoms with Gasteiger partial charge in [-0.2, -0.15) is 0 Å². The third-order valence-electron chi connectivity index (χ3n) is 5.35. The summed E-state index contributed by atoms with van der Waals surface area (Å²) in [7, 11) is 0. The normalized spacial score (nSPS) is 14.4. The highest BCUT2D eigenvalue weighted by atomic mass is 32.1. The quantitative estimate of drug-likeness (QED) is 0.554. The summed E-state index contributed by atoms with van der Waals surface area (Å²) < 4.78 is 20.8. The number of ether oxygens (including phenoxy) is 1. The molecular formula is C24H28FN5O2S. The first-order valence-corrected chi connectivity index (χ1v) is 12.0. The number of rotatable bonds is 7. The Morgan fingerprint density at radius 3 is 2.52 bits per heavy atom. The van der Waals surface area contributed by atoms with E-state index < -0.39 is 0 Å². The van der Waals surface area contributed by atoms with Crippen LogP contribution in [-0.4, -0.2) is 50.0 Å². The van der Waals surface area contributed by atoms with Crippen LogP contribution in [0.25, 0.3) is 11.3 Å². The lowest BCUT2D eigenvalue weighted by molar-refractivity contribution is 0.122. The maximum atomic E-state index is 13.3. The molecule has 1 aromatic heterocycles. The molecule has 3 aromatic rings. The fourth-order valence-corrected chi connectivity index (χ4v) is 4.62. The topological polar surface area (TPSA) is 70.9 Å². The second kappa shape index (κ2) is 11.1. The Morgan fingerprint density at radius 2 is 1.82 bits per heavy atom. The first-order chi connectivity index (χ1) is 16.1. The van der Waals surface area contributed by atoms with Crippen LogP contribution in [0, 0.1) is 5.82 Å². The van der Waals surface area contributed by atoms with Gasteiger partial charge in [-0.1, -0.05) is 12.1 Å². The van der Waals surface area contributed by atoms with Crippen LogP contribution < -0.4 is 20.3 Å². The van der Waals surface area contributed by atoms with E-state index in [1.165, 1.54) is 29.2 Å². The molecule has 174 valence electrons. The Morgan fingerprint density at radius 1 is 1.09 bits per heavy atom. The fraction of sp³-hybridized carbons (Fsp3) is 0.333. The molecule has 0 saturated carbocycles. The number of halogens is 1. The molecule has 0 radical (unpaired) electrons. The summed E-state index contributed by atoms with van der Waals surface area (Å²) in [6, 6.07) is 14.4. The van der Waals surface area contributed by atoms with Crippen LogP contribution >= 0.6 is 11.3 Å². The minimum atomic E-state index is -0.291. The van der Waals surface area contributed by atoms with E-state index in [1.54, 1.807) is 12.1 Å². The van der Waals surface area contributed by atoms with Crippen molar-refractivity contribution in [2.45, 2.75) is 13.5 Å². The summed E-state index contributed by atoms with van der Waals surface area (Å²) in [5, 5.41) is 7.68. The van der Waals surface area contributed by atoms with Crippen molar-refractivity contribution < 1.29 is 13.9 Å². The smallest absolute Gasteiger partial charge is 0.314 e. The molecule has 2 amide bonds. The van der Waals surface area contributed by atoms with Crippen molar-refractivity contribution in [3.8, 4) is 11.3 Å². The molecule has 1 fully saturated rings. The van der Waals surface area contributed by atoms with Crippen molar-refractivity contribution >= 4 is 28.7 Å². The molecular weight excluding hydrogens is 441 g/mol. The van der Waals surface area contributed by atoms with Crippen molar-refractivity contribution in [2.75, 3.05) is 44.3 Å². The average Bonchev–Trinajstić information content (AvgIpc) is 3.23. The van der Waals surface area contributed by atoms with E-state index in [9.17, 15) is 9.18 Å². The molecule has 0 unspecified atom stereocenters. The lowest BCUT2D eigenvalue weighted by atomic mass is 10.1. The van der Waals surface area contributed by atoms with Gasteiger partial charge in [-0.25, -0.2) is 14.2 Å². The van der Waals surface area contributed by atoms with Gasteiger partial charge in [-0.05, 0) is 48.9 Å². The summed E-state index contributed by atoms with van der Waals surface area (Å²) in [4.78, 5) is 19.6. The average molecular weight is 470 g/mol. The molecule has 2 N–H and O–H groups in total. The van der Waals surface area contributed by atoms with Gasteiger partial charge >= 0.3 is 6.03 Å². The first kappa shape index (κ1) is 23.0. The molecule has 2 heterocycles. The number of benzene rings is 2. The predicted molar refractivity (Wildman–Crippen MR) is 129 cm³/mol. The third kappa shape index (κ3) is 6.00. The molecule has 4 rings (SSSR count). The van der Waals surface area contributed by atoms with E-state index in [0.29, 0.717) is 25.3 Å². The number of nitrogens with one attached hydrogen (secondary N) is 2. The summed E-state index contributed by atoms with van der Waals surface area (Å²) in [6.07, 6.45) is 0. The van der Waals surface area contributed by atoms with Gasteiger partial charge in [-0.15, -0.1) is 11.3 Å². The van der Waals surface area contributed by atoms with Crippen LogP contribution in [-0.2, 0) is 11.3 Å². The second-order valence-electron chi connectivity index (χ2n) is 7.58. The number of urea groups is 1. The number of aromatic nitrogens is 1. The molecule has 2 aromatic carbocycles. The summed E-state index contributed by atoms with van der Waals surface area (Å²) in [6.45, 7) is 6.75. The SMILES string of the molecule is CCNC(=O)NCCn1c(-c2ccc(N3CCOCC3)cc2)csc1=Nc1ccc(F)cc1. The number of anilines is 1. The lowest BCUT2D eigenvalue weighted by Gasteiger charge is -2.28. The van der Waals surface area contributed by atoms with Gasteiger partial charge < -0.3 is 24.8 Å². The van der Waals surface area contributed by atoms with E-state index in [-0.39, 0.29) is 11.8 Å². The van der Waals surface area contributed by atoms with Crippen molar-refractivity contribution in [3.63, 3.8) is 0 Å². The van der Waals surface area contributed by atoms with Gasteiger partial charge in [0.15, 0.2) is 4.80 Å². The number of thiazole rings is 1. The minimum Gasteiger partial charge on any atom is -0.378 e. The highest BCUT2D eigenvalue weighted by Crippen LogP contribution is 2.25. The molecule has 0 aliphatic carbocycles. The standard InChI is InChI=1S/C24H28FN5O2S/c1-2-26-23(31)27-11-12-30-22(17-33-24(30)28-20-7-5-19(25)6-8-20)18-3-9-21(10-4-18)29-13-15-32-16-14-29/h3-10,17H,2,11-16H2,1H3,(H2,26,27,31). The Bertz CT molecular complexity index is 1120. The molecule has 33 heavy (non-hydrogen) atoms. The van der Waals surface area contributed by atoms with Crippen LogP contribution in [0.15, 0.2) is 58.9 Å². The minimum absolute atomic E-state index is 0.193. The molecule has 1 aliphatic rings. The van der Waals surface area contributed by atoms with E-state index in [1.807, 2.05) is 6.92 Å². The van der Waals surface area contributed by atoms with Crippen LogP contribution in [0.4, 0.5) is 20.6 Å². The molecule has 0 spiro atoms. The van der Waals surface area contributed by atoms with Crippen molar-refractivity contribution in [1.29, 1.82) is 0 Å². The zero-order chi connectivity index (χ0) is 23.0. The largest absolute Gasteiger partial charge is 0.378 e. The lowest BCUT2D eigenvalue weighted by Crippen LogP contribution is -2.37. The Balaban J connectivity index is 1.61. The van der Waals surface area contributed by atoms with Crippen LogP contribution in [0.5, 0.6) is 0 Å². The second-order valence-corrected chi connectivity index (χ2v) is 8.41. The molecule has 9 heteroatoms. The van der Waals surface area contributed by atoms with Gasteiger partial charge in [0.1, 0.15) is 5.82 Å². The number of hydrogen-bond acceptors (Lipinski definition) is 5. The maximum Gasteiger partial charge on any atom is 0.314 e. The number of amides is 2. The van der Waals surface area contributed by atoms with E-state index in [0.717, 1.165) is 42.4 Å². The van der Waals surface area contributed by atoms with Crippen molar-refractivity contribution in [3.05, 3.63) is 64.5 Å². The highest BCUT2D eigenvalue weighted by Gasteiger charge is 2.13. The number of hydrogen-bond donors (Lipinski definition) is 2. The van der Waals surface area contributed by atoms with Crippen LogP contribution in [0.3, 0.4) is 0 Å². The number of carbonyl (C=O) groups is 1. The van der Waals surface area contributed by atoms with E-state index >= 15 is 0 Å². The first-order valence-electron chi connectivity index (χ1n) is 11.1. The highest BCUT2D eigenvalue weighted by molar-refractivity contribution is 7.07. The Labute approximate surface area is 196 Å². The maximum absolute atomic E-state index is 13.3. The van der Waals surface area contributed by atoms with Crippen LogP contribution in [0.1, 0.15) is 6.92 Å². The molecule has 7 nitrogen and oxygen atoms in total. The zero-order valence-electron chi connectivity index (χ0n) is 18.6. The summed E-state index contributed by atoms with van der Waals surface area (Å²) >= 11 is 1.52. The fourth-order valence-electron chi connectivity index (χ4n) is 3.66. The van der Waals surface area contributed by atoms with Crippen molar-refractivity contribution in [1.82, 2.24) is 15.2 Å².